The van der Waals surface area contributed by atoms with Crippen molar-refractivity contribution in [2.45, 2.75) is 24.2 Å². The quantitative estimate of drug-likeness (QED) is 0.570. The number of benzene rings is 1. The summed E-state index contributed by atoms with van der Waals surface area (Å²) in [6.45, 7) is 2.17. The van der Waals surface area contributed by atoms with E-state index >= 15 is 0 Å². The Morgan fingerprint density at radius 1 is 1.45 bits per heavy atom. The van der Waals surface area contributed by atoms with Gasteiger partial charge >= 0.3 is 0 Å². The highest BCUT2D eigenvalue weighted by molar-refractivity contribution is 9.10. The lowest BCUT2D eigenvalue weighted by atomic mass is 9.96. The van der Waals surface area contributed by atoms with Crippen molar-refractivity contribution in [2.24, 2.45) is 5.92 Å². The smallest absolute Gasteiger partial charge is 0.289 e. The molecule has 0 spiro atoms. The lowest BCUT2D eigenvalue weighted by molar-refractivity contribution is -0.387. The number of nitrogens with zero attached hydrogens (tertiary/aromatic N) is 1. The highest BCUT2D eigenvalue weighted by atomic mass is 79.9. The van der Waals surface area contributed by atoms with Crippen LogP contribution in [0.3, 0.4) is 0 Å². The molecule has 1 heterocycles. The molecular weight excluding hydrogens is 374 g/mol. The number of piperidine rings is 1. The van der Waals surface area contributed by atoms with E-state index in [0.29, 0.717) is 16.8 Å². The molecule has 1 atom stereocenters. The van der Waals surface area contributed by atoms with Gasteiger partial charge in [-0.2, -0.15) is 0 Å². The van der Waals surface area contributed by atoms with Crippen LogP contribution in [0.4, 0.5) is 5.69 Å². The minimum Gasteiger partial charge on any atom is -0.316 e. The van der Waals surface area contributed by atoms with E-state index in [0.717, 1.165) is 25.9 Å². The molecule has 0 radical (unpaired) electrons. The second kappa shape index (κ2) is 7.49. The first-order valence-electron chi connectivity index (χ1n) is 7.04. The van der Waals surface area contributed by atoms with Crippen LogP contribution >= 0.6 is 15.9 Å². The molecule has 2 N–H and O–H groups in total. The summed E-state index contributed by atoms with van der Waals surface area (Å²) in [6.07, 6.45) is 2.88. The number of nitrogens with one attached hydrogen (secondary N) is 2. The maximum absolute atomic E-state index is 12.3. The number of hydrogen-bond donors (Lipinski definition) is 2. The summed E-state index contributed by atoms with van der Waals surface area (Å²) in [5, 5.41) is 14.3. The number of nitro groups is 1. The fourth-order valence-corrected chi connectivity index (χ4v) is 4.25. The van der Waals surface area contributed by atoms with Crippen LogP contribution in [0.2, 0.25) is 0 Å². The van der Waals surface area contributed by atoms with E-state index in [1.54, 1.807) is 0 Å². The maximum atomic E-state index is 12.3. The van der Waals surface area contributed by atoms with Gasteiger partial charge in [-0.1, -0.05) is 15.9 Å². The predicted octanol–water partition coefficient (Wildman–Crippen LogP) is 2.03. The summed E-state index contributed by atoms with van der Waals surface area (Å²) in [7, 11) is -3.90. The standard InChI is InChI=1S/C13H18BrN3O4S/c14-11-3-4-12(17(18)19)13(8-11)22(20,21)16-7-5-10-2-1-6-15-9-10/h3-4,8,10,15-16H,1-2,5-7,9H2. The number of rotatable bonds is 6. The first-order valence-corrected chi connectivity index (χ1v) is 9.32. The molecule has 1 aromatic carbocycles. The van der Waals surface area contributed by atoms with Gasteiger partial charge < -0.3 is 5.32 Å². The van der Waals surface area contributed by atoms with Crippen LogP contribution in [0.1, 0.15) is 19.3 Å². The normalized spacial score (nSPS) is 19.0. The summed E-state index contributed by atoms with van der Waals surface area (Å²) in [4.78, 5) is 9.99. The fourth-order valence-electron chi connectivity index (χ4n) is 2.50. The Balaban J connectivity index is 2.06. The third-order valence-corrected chi connectivity index (χ3v) is 5.64. The van der Waals surface area contributed by atoms with Crippen molar-refractivity contribution in [3.8, 4) is 0 Å². The van der Waals surface area contributed by atoms with Crippen LogP contribution in [-0.2, 0) is 10.0 Å². The lowest BCUT2D eigenvalue weighted by Gasteiger charge is -2.22. The van der Waals surface area contributed by atoms with Gasteiger partial charge in [0.2, 0.25) is 10.0 Å². The second-order valence-corrected chi connectivity index (χ2v) is 7.92. The van der Waals surface area contributed by atoms with Gasteiger partial charge in [-0.25, -0.2) is 13.1 Å². The molecule has 1 unspecified atom stereocenters. The van der Waals surface area contributed by atoms with Crippen molar-refractivity contribution in [3.63, 3.8) is 0 Å². The molecule has 1 fully saturated rings. The molecule has 0 amide bonds. The maximum Gasteiger partial charge on any atom is 0.289 e. The van der Waals surface area contributed by atoms with Crippen LogP contribution in [0.15, 0.2) is 27.6 Å². The van der Waals surface area contributed by atoms with Crippen LogP contribution in [0.25, 0.3) is 0 Å². The SMILES string of the molecule is O=[N+]([O-])c1ccc(Br)cc1S(=O)(=O)NCCC1CCCNC1. The van der Waals surface area contributed by atoms with Gasteiger partial charge in [0.25, 0.3) is 5.69 Å². The van der Waals surface area contributed by atoms with E-state index in [4.69, 9.17) is 0 Å². The number of hydrogen-bond acceptors (Lipinski definition) is 5. The van der Waals surface area contributed by atoms with Crippen LogP contribution in [0.5, 0.6) is 0 Å². The molecular formula is C13H18BrN3O4S. The van der Waals surface area contributed by atoms with Crippen molar-refractivity contribution in [3.05, 3.63) is 32.8 Å². The Kier molecular flexibility index (Phi) is 5.90. The van der Waals surface area contributed by atoms with Crippen molar-refractivity contribution in [2.75, 3.05) is 19.6 Å². The number of sulfonamides is 1. The number of nitro benzene ring substituents is 1. The molecule has 9 heteroatoms. The topological polar surface area (TPSA) is 101 Å². The van der Waals surface area contributed by atoms with Crippen molar-refractivity contribution < 1.29 is 13.3 Å². The Bertz CT molecular complexity index is 645. The summed E-state index contributed by atoms with van der Waals surface area (Å²) >= 11 is 3.15. The van der Waals surface area contributed by atoms with E-state index in [9.17, 15) is 18.5 Å². The minimum atomic E-state index is -3.90. The summed E-state index contributed by atoms with van der Waals surface area (Å²) in [6, 6.07) is 3.89. The Morgan fingerprint density at radius 3 is 2.86 bits per heavy atom. The Morgan fingerprint density at radius 2 is 2.23 bits per heavy atom. The summed E-state index contributed by atoms with van der Waals surface area (Å²) in [5.74, 6) is 0.439. The molecule has 0 bridgehead atoms. The third kappa shape index (κ3) is 4.48. The molecule has 0 aliphatic carbocycles. The molecule has 2 rings (SSSR count). The highest BCUT2D eigenvalue weighted by Crippen LogP contribution is 2.27. The first-order chi connectivity index (χ1) is 10.4. The number of halogens is 1. The molecule has 122 valence electrons. The fraction of sp³-hybridized carbons (Fsp3) is 0.538. The van der Waals surface area contributed by atoms with Gasteiger partial charge in [0.05, 0.1) is 4.92 Å². The first kappa shape index (κ1) is 17.3. The Labute approximate surface area is 137 Å². The van der Waals surface area contributed by atoms with E-state index in [1.807, 2.05) is 0 Å². The summed E-state index contributed by atoms with van der Waals surface area (Å²) in [5.41, 5.74) is -0.421. The zero-order chi connectivity index (χ0) is 16.2. The molecule has 7 nitrogen and oxygen atoms in total. The minimum absolute atomic E-state index is 0.276. The lowest BCUT2D eigenvalue weighted by Crippen LogP contribution is -2.33. The molecule has 1 aromatic rings. The van der Waals surface area contributed by atoms with Crippen molar-refractivity contribution in [1.82, 2.24) is 10.0 Å². The van der Waals surface area contributed by atoms with E-state index in [-0.39, 0.29) is 11.4 Å². The molecule has 1 aliphatic heterocycles. The van der Waals surface area contributed by atoms with Crippen LogP contribution in [-0.4, -0.2) is 33.0 Å². The molecule has 1 aliphatic rings. The van der Waals surface area contributed by atoms with E-state index < -0.39 is 20.6 Å². The average molecular weight is 392 g/mol. The molecule has 0 aromatic heterocycles. The zero-order valence-electron chi connectivity index (χ0n) is 11.9. The molecule has 0 saturated carbocycles. The third-order valence-electron chi connectivity index (χ3n) is 3.65. The van der Waals surface area contributed by atoms with E-state index in [1.165, 1.54) is 18.2 Å². The Hall–Kier alpha value is -1.03. The second-order valence-electron chi connectivity index (χ2n) is 5.27. The average Bonchev–Trinajstić information content (AvgIpc) is 2.47. The molecule has 1 saturated heterocycles. The monoisotopic (exact) mass is 391 g/mol. The van der Waals surface area contributed by atoms with Gasteiger partial charge in [0.1, 0.15) is 0 Å². The van der Waals surface area contributed by atoms with Gasteiger partial charge in [-0.15, -0.1) is 0 Å². The zero-order valence-corrected chi connectivity index (χ0v) is 14.3. The van der Waals surface area contributed by atoms with Gasteiger partial charge in [0, 0.05) is 17.1 Å². The van der Waals surface area contributed by atoms with Gasteiger partial charge in [-0.05, 0) is 50.4 Å². The highest BCUT2D eigenvalue weighted by Gasteiger charge is 2.26. The largest absolute Gasteiger partial charge is 0.316 e. The van der Waals surface area contributed by atoms with Crippen molar-refractivity contribution in [1.29, 1.82) is 0 Å². The van der Waals surface area contributed by atoms with Gasteiger partial charge in [-0.3, -0.25) is 10.1 Å². The predicted molar refractivity (Wildman–Crippen MR) is 86.2 cm³/mol. The van der Waals surface area contributed by atoms with Crippen LogP contribution in [0, 0.1) is 16.0 Å². The van der Waals surface area contributed by atoms with Crippen LogP contribution < -0.4 is 10.0 Å². The van der Waals surface area contributed by atoms with Crippen molar-refractivity contribution >= 4 is 31.6 Å². The van der Waals surface area contributed by atoms with Gasteiger partial charge in [0.15, 0.2) is 4.90 Å². The molecule has 22 heavy (non-hydrogen) atoms. The van der Waals surface area contributed by atoms with E-state index in [2.05, 4.69) is 26.0 Å². The summed E-state index contributed by atoms with van der Waals surface area (Å²) < 4.78 is 27.5.